The second kappa shape index (κ2) is 13.6. The lowest BCUT2D eigenvalue weighted by atomic mass is 10.2. The Morgan fingerprint density at radius 3 is 1.92 bits per heavy atom. The molecular weight excluding hydrogens is 494 g/mol. The fourth-order valence-corrected chi connectivity index (χ4v) is 8.82. The van der Waals surface area contributed by atoms with Crippen molar-refractivity contribution in [1.82, 2.24) is 5.32 Å². The molecular formula is C31H43NO5Si. The maximum Gasteiger partial charge on any atom is 0.408 e. The van der Waals surface area contributed by atoms with E-state index in [0.717, 1.165) is 0 Å². The van der Waals surface area contributed by atoms with Crippen molar-refractivity contribution >= 4 is 30.8 Å². The minimum atomic E-state index is -2.65. The molecule has 0 bridgehead atoms. The SMILES string of the molecule is C=CCC(NC(=O)OC(C)(C)C)C(=O)O[C@@H](C)/C=C/CO[Si](c1ccccc1)(c1ccccc1)C(C)(C)C. The van der Waals surface area contributed by atoms with Crippen LogP contribution in [-0.2, 0) is 18.7 Å². The quantitative estimate of drug-likeness (QED) is 0.232. The van der Waals surface area contributed by atoms with E-state index in [4.69, 9.17) is 13.9 Å². The molecule has 0 saturated carbocycles. The molecule has 7 heteroatoms. The van der Waals surface area contributed by atoms with E-state index in [9.17, 15) is 9.59 Å². The number of esters is 1. The lowest BCUT2D eigenvalue weighted by Gasteiger charge is -2.42. The molecule has 1 unspecified atom stereocenters. The predicted octanol–water partition coefficient (Wildman–Crippen LogP) is 5.52. The summed E-state index contributed by atoms with van der Waals surface area (Å²) in [6.07, 6.45) is 4.28. The molecule has 206 valence electrons. The molecule has 0 saturated heterocycles. The summed E-state index contributed by atoms with van der Waals surface area (Å²) < 4.78 is 17.7. The highest BCUT2D eigenvalue weighted by molar-refractivity contribution is 6.99. The second-order valence-corrected chi connectivity index (χ2v) is 15.6. The van der Waals surface area contributed by atoms with Crippen LogP contribution in [0.15, 0.2) is 85.5 Å². The van der Waals surface area contributed by atoms with Crippen LogP contribution in [0.1, 0.15) is 54.9 Å². The highest BCUT2D eigenvalue weighted by Crippen LogP contribution is 2.36. The standard InChI is InChI=1S/C31H43NO5Si/c1-9-17-27(32-29(34)37-30(3,4)5)28(33)36-24(2)18-16-23-35-38(31(6,7)8,25-19-12-10-13-20-25)26-21-14-11-15-22-26/h9-16,18-22,24,27H,1,17,23H2,2-8H3,(H,32,34)/b18-16+/t24-,27?/m0/s1. The van der Waals surface area contributed by atoms with E-state index >= 15 is 0 Å². The third-order valence-electron chi connectivity index (χ3n) is 5.90. The Bertz CT molecular complexity index is 1030. The number of amides is 1. The normalized spacial score (nSPS) is 14.0. The third kappa shape index (κ3) is 8.70. The second-order valence-electron chi connectivity index (χ2n) is 11.3. The number of carbonyl (C=O) groups excluding carboxylic acids is 2. The van der Waals surface area contributed by atoms with E-state index < -0.39 is 38.1 Å². The van der Waals surface area contributed by atoms with Crippen LogP contribution in [0.4, 0.5) is 4.79 Å². The maximum atomic E-state index is 12.7. The van der Waals surface area contributed by atoms with Crippen LogP contribution in [0, 0.1) is 0 Å². The molecule has 0 aliphatic rings. The topological polar surface area (TPSA) is 73.9 Å². The lowest BCUT2D eigenvalue weighted by Crippen LogP contribution is -2.66. The summed E-state index contributed by atoms with van der Waals surface area (Å²) in [4.78, 5) is 24.9. The molecule has 2 atom stereocenters. The number of hydrogen-bond donors (Lipinski definition) is 1. The molecule has 2 aromatic rings. The van der Waals surface area contributed by atoms with Gasteiger partial charge in [-0.25, -0.2) is 9.59 Å². The Balaban J connectivity index is 2.14. The van der Waals surface area contributed by atoms with E-state index in [2.05, 4.69) is 81.2 Å². The predicted molar refractivity (Wildman–Crippen MR) is 156 cm³/mol. The highest BCUT2D eigenvalue weighted by Gasteiger charge is 2.49. The summed E-state index contributed by atoms with van der Waals surface area (Å²) in [7, 11) is -2.65. The van der Waals surface area contributed by atoms with Crippen LogP contribution in [0.2, 0.25) is 5.04 Å². The Labute approximate surface area is 229 Å². The van der Waals surface area contributed by atoms with E-state index in [1.807, 2.05) is 18.2 Å². The van der Waals surface area contributed by atoms with Gasteiger partial charge in [0.2, 0.25) is 0 Å². The third-order valence-corrected chi connectivity index (χ3v) is 10.9. The van der Waals surface area contributed by atoms with Crippen LogP contribution in [-0.4, -0.2) is 44.7 Å². The molecule has 0 heterocycles. The van der Waals surface area contributed by atoms with E-state index in [1.165, 1.54) is 10.4 Å². The van der Waals surface area contributed by atoms with Crippen molar-refractivity contribution in [3.63, 3.8) is 0 Å². The molecule has 0 spiro atoms. The lowest BCUT2D eigenvalue weighted by molar-refractivity contribution is -0.148. The van der Waals surface area contributed by atoms with Crippen LogP contribution in [0.25, 0.3) is 0 Å². The molecule has 2 rings (SSSR count). The van der Waals surface area contributed by atoms with Gasteiger partial charge < -0.3 is 19.2 Å². The van der Waals surface area contributed by atoms with Gasteiger partial charge in [-0.1, -0.05) is 93.6 Å². The largest absolute Gasteiger partial charge is 0.457 e. The smallest absolute Gasteiger partial charge is 0.408 e. The molecule has 38 heavy (non-hydrogen) atoms. The minimum absolute atomic E-state index is 0.132. The number of nitrogens with one attached hydrogen (secondary N) is 1. The summed E-state index contributed by atoms with van der Waals surface area (Å²) in [5, 5.41) is 4.84. The Kier molecular flexibility index (Phi) is 11.1. The summed E-state index contributed by atoms with van der Waals surface area (Å²) in [5.74, 6) is -0.555. The van der Waals surface area contributed by atoms with Crippen molar-refractivity contribution in [2.24, 2.45) is 0 Å². The first-order valence-corrected chi connectivity index (χ1v) is 14.9. The summed E-state index contributed by atoms with van der Waals surface area (Å²) >= 11 is 0. The zero-order chi connectivity index (χ0) is 28.4. The van der Waals surface area contributed by atoms with E-state index in [1.54, 1.807) is 39.8 Å². The molecule has 0 aliphatic carbocycles. The van der Waals surface area contributed by atoms with Crippen LogP contribution >= 0.6 is 0 Å². The first kappa shape index (κ1) is 31.1. The Morgan fingerprint density at radius 2 is 1.47 bits per heavy atom. The van der Waals surface area contributed by atoms with Crippen molar-refractivity contribution in [2.75, 3.05) is 6.61 Å². The van der Waals surface area contributed by atoms with Crippen LogP contribution in [0.5, 0.6) is 0 Å². The van der Waals surface area contributed by atoms with Crippen molar-refractivity contribution in [2.45, 2.75) is 77.7 Å². The average Bonchev–Trinajstić information content (AvgIpc) is 2.83. The van der Waals surface area contributed by atoms with Gasteiger partial charge in [0.15, 0.2) is 0 Å². The van der Waals surface area contributed by atoms with Gasteiger partial charge in [0.1, 0.15) is 17.7 Å². The molecule has 0 aliphatic heterocycles. The summed E-state index contributed by atoms with van der Waals surface area (Å²) in [5.41, 5.74) is -0.673. The van der Waals surface area contributed by atoms with E-state index in [-0.39, 0.29) is 11.5 Å². The van der Waals surface area contributed by atoms with Gasteiger partial charge in [0.05, 0.1) is 6.61 Å². The van der Waals surface area contributed by atoms with Crippen molar-refractivity contribution in [1.29, 1.82) is 0 Å². The molecule has 0 fully saturated rings. The number of benzene rings is 2. The van der Waals surface area contributed by atoms with Gasteiger partial charge in [-0.2, -0.15) is 0 Å². The van der Waals surface area contributed by atoms with Crippen LogP contribution < -0.4 is 15.7 Å². The van der Waals surface area contributed by atoms with Gasteiger partial charge in [0, 0.05) is 0 Å². The molecule has 1 N–H and O–H groups in total. The zero-order valence-corrected chi connectivity index (χ0v) is 24.8. The average molecular weight is 538 g/mol. The highest BCUT2D eigenvalue weighted by atomic mass is 28.4. The number of ether oxygens (including phenoxy) is 2. The number of alkyl carbamates (subject to hydrolysis) is 1. The van der Waals surface area contributed by atoms with E-state index in [0.29, 0.717) is 6.61 Å². The molecule has 2 aromatic carbocycles. The molecule has 0 radical (unpaired) electrons. The fourth-order valence-electron chi connectivity index (χ4n) is 4.32. The van der Waals surface area contributed by atoms with Crippen molar-refractivity contribution in [3.05, 3.63) is 85.5 Å². The molecule has 1 amide bonds. The maximum absolute atomic E-state index is 12.7. The van der Waals surface area contributed by atoms with Gasteiger partial charge >= 0.3 is 12.1 Å². The molecule has 6 nitrogen and oxygen atoms in total. The van der Waals surface area contributed by atoms with Gasteiger partial charge in [0.25, 0.3) is 8.32 Å². The zero-order valence-electron chi connectivity index (χ0n) is 23.8. The van der Waals surface area contributed by atoms with Gasteiger partial charge in [-0.05, 0) is 55.6 Å². The van der Waals surface area contributed by atoms with Gasteiger partial charge in [-0.3, -0.25) is 0 Å². The van der Waals surface area contributed by atoms with Crippen molar-refractivity contribution in [3.8, 4) is 0 Å². The first-order chi connectivity index (χ1) is 17.8. The summed E-state index contributed by atoms with van der Waals surface area (Å²) in [6.45, 7) is 17.8. The molecule has 0 aromatic heterocycles. The number of hydrogen-bond acceptors (Lipinski definition) is 5. The van der Waals surface area contributed by atoms with Gasteiger partial charge in [-0.15, -0.1) is 6.58 Å². The minimum Gasteiger partial charge on any atom is -0.457 e. The van der Waals surface area contributed by atoms with Crippen molar-refractivity contribution < 1.29 is 23.5 Å². The first-order valence-electron chi connectivity index (χ1n) is 13.0. The Morgan fingerprint density at radius 1 is 0.947 bits per heavy atom. The summed E-state index contributed by atoms with van der Waals surface area (Å²) in [6, 6.07) is 20.0. The Hall–Kier alpha value is -3.16. The monoisotopic (exact) mass is 537 g/mol. The number of rotatable bonds is 11. The number of carbonyl (C=O) groups is 2. The van der Waals surface area contributed by atoms with Crippen LogP contribution in [0.3, 0.4) is 0 Å². The fraction of sp³-hybridized carbons (Fsp3) is 0.419.